The molecule has 7 heavy (non-hydrogen) atoms. The maximum atomic E-state index is 5.29. The molecule has 40 valence electrons. The van der Waals surface area contributed by atoms with E-state index in [9.17, 15) is 0 Å². The molecule has 0 amide bonds. The molecule has 0 saturated heterocycles. The highest BCUT2D eigenvalue weighted by molar-refractivity contribution is 5.29. The van der Waals surface area contributed by atoms with Crippen LogP contribution in [0.4, 0.5) is 0 Å². The second kappa shape index (κ2) is 2.39. The van der Waals surface area contributed by atoms with Crippen molar-refractivity contribution in [1.29, 1.82) is 0 Å². The minimum Gasteiger partial charge on any atom is -0.401 e. The summed E-state index contributed by atoms with van der Waals surface area (Å²) in [6.07, 6.45) is 0. The summed E-state index contributed by atoms with van der Waals surface area (Å²) in [7, 11) is 0. The van der Waals surface area contributed by atoms with Gasteiger partial charge in [-0.1, -0.05) is 0 Å². The highest BCUT2D eigenvalue weighted by atomic mass is 14.7. The third-order valence-electron chi connectivity index (χ3n) is 0.808. The molecule has 0 unspecified atom stereocenters. The van der Waals surface area contributed by atoms with E-state index in [0.29, 0.717) is 0 Å². The van der Waals surface area contributed by atoms with E-state index in [1.165, 1.54) is 0 Å². The van der Waals surface area contributed by atoms with E-state index in [-0.39, 0.29) is 0 Å². The van der Waals surface area contributed by atoms with Crippen LogP contribution in [-0.2, 0) is 0 Å². The molecule has 0 aromatic carbocycles. The van der Waals surface area contributed by atoms with E-state index >= 15 is 0 Å². The molecule has 0 aromatic heterocycles. The van der Waals surface area contributed by atoms with Crippen LogP contribution in [0.3, 0.4) is 0 Å². The summed E-state index contributed by atoms with van der Waals surface area (Å²) in [4.78, 5) is 3.59. The fraction of sp³-hybridized carbons (Fsp3) is 0.400. The van der Waals surface area contributed by atoms with Crippen LogP contribution in [0.2, 0.25) is 0 Å². The molecule has 0 atom stereocenters. The van der Waals surface area contributed by atoms with E-state index in [0.717, 1.165) is 11.4 Å². The second-order valence-corrected chi connectivity index (χ2v) is 1.43. The van der Waals surface area contributed by atoms with Crippen LogP contribution in [0.1, 0.15) is 13.8 Å². The Morgan fingerprint density at radius 2 is 2.00 bits per heavy atom. The van der Waals surface area contributed by atoms with Gasteiger partial charge in [-0.05, 0) is 20.6 Å². The van der Waals surface area contributed by atoms with Crippen LogP contribution in [0.15, 0.2) is 16.4 Å². The first-order valence-electron chi connectivity index (χ1n) is 2.08. The van der Waals surface area contributed by atoms with Crippen LogP contribution in [-0.4, -0.2) is 6.72 Å². The maximum Gasteiger partial charge on any atom is 0.0549 e. The summed E-state index contributed by atoms with van der Waals surface area (Å²) in [6, 6.07) is 0. The molecule has 0 spiro atoms. The van der Waals surface area contributed by atoms with Crippen molar-refractivity contribution in [3.63, 3.8) is 0 Å². The highest BCUT2D eigenvalue weighted by Gasteiger charge is 1.81. The molecule has 2 nitrogen and oxygen atoms in total. The second-order valence-electron chi connectivity index (χ2n) is 1.43. The average molecular weight is 98.1 g/mol. The lowest BCUT2D eigenvalue weighted by molar-refractivity contribution is 1.16. The Bertz CT molecular complexity index is 98.6. The molecule has 0 aromatic rings. The van der Waals surface area contributed by atoms with Gasteiger partial charge in [-0.15, -0.1) is 0 Å². The minimum atomic E-state index is 0.731. The molecule has 0 aliphatic heterocycles. The maximum absolute atomic E-state index is 5.29. The van der Waals surface area contributed by atoms with Crippen LogP contribution >= 0.6 is 0 Å². The van der Waals surface area contributed by atoms with E-state index in [1.54, 1.807) is 6.92 Å². The predicted octanol–water partition coefficient (Wildman–Crippen LogP) is 0.897. The molecule has 2 N–H and O–H groups in total. The summed E-state index contributed by atoms with van der Waals surface area (Å²) in [5.41, 5.74) is 6.83. The molecular formula is C5H10N2. The van der Waals surface area contributed by atoms with Gasteiger partial charge in [0.2, 0.25) is 0 Å². The van der Waals surface area contributed by atoms with Crippen LogP contribution in [0.5, 0.6) is 0 Å². The molecule has 0 fully saturated rings. The lowest BCUT2D eigenvalue weighted by atomic mass is 10.4. The van der Waals surface area contributed by atoms with Gasteiger partial charge in [-0.25, -0.2) is 0 Å². The Morgan fingerprint density at radius 1 is 1.57 bits per heavy atom. The quantitative estimate of drug-likeness (QED) is 0.486. The lowest BCUT2D eigenvalue weighted by Gasteiger charge is -1.90. The topological polar surface area (TPSA) is 38.4 Å². The van der Waals surface area contributed by atoms with Gasteiger partial charge in [-0.3, -0.25) is 4.99 Å². The fourth-order valence-corrected chi connectivity index (χ4v) is 0.125. The first-order valence-corrected chi connectivity index (χ1v) is 2.08. The molecule has 0 heterocycles. The van der Waals surface area contributed by atoms with E-state index in [4.69, 9.17) is 5.73 Å². The minimum absolute atomic E-state index is 0.731. The van der Waals surface area contributed by atoms with Crippen molar-refractivity contribution < 1.29 is 0 Å². The van der Waals surface area contributed by atoms with Gasteiger partial charge >= 0.3 is 0 Å². The van der Waals surface area contributed by atoms with Crippen molar-refractivity contribution in [2.45, 2.75) is 13.8 Å². The van der Waals surface area contributed by atoms with Crippen LogP contribution < -0.4 is 5.73 Å². The molecule has 0 radical (unpaired) electrons. The lowest BCUT2D eigenvalue weighted by Crippen LogP contribution is -1.92. The summed E-state index contributed by atoms with van der Waals surface area (Å²) >= 11 is 0. The SMILES string of the molecule is C=N/C(C)=C(/C)N. The molecule has 0 bridgehead atoms. The first-order chi connectivity index (χ1) is 3.18. The zero-order chi connectivity index (χ0) is 5.86. The van der Waals surface area contributed by atoms with Crippen LogP contribution in [0.25, 0.3) is 0 Å². The largest absolute Gasteiger partial charge is 0.401 e. The zero-order valence-electron chi connectivity index (χ0n) is 4.73. The van der Waals surface area contributed by atoms with Crippen molar-refractivity contribution in [1.82, 2.24) is 0 Å². The van der Waals surface area contributed by atoms with Crippen molar-refractivity contribution in [2.75, 3.05) is 0 Å². The van der Waals surface area contributed by atoms with Gasteiger partial charge in [0.15, 0.2) is 0 Å². The van der Waals surface area contributed by atoms with E-state index in [1.807, 2.05) is 6.92 Å². The Kier molecular flexibility index (Phi) is 2.12. The summed E-state index contributed by atoms with van der Waals surface area (Å²) in [5, 5.41) is 0. The Hall–Kier alpha value is -0.790. The molecule has 0 rings (SSSR count). The molecule has 2 heteroatoms. The smallest absolute Gasteiger partial charge is 0.0549 e. The third-order valence-corrected chi connectivity index (χ3v) is 0.808. The number of nitrogens with two attached hydrogens (primary N) is 1. The van der Waals surface area contributed by atoms with Gasteiger partial charge in [0, 0.05) is 5.70 Å². The predicted molar refractivity (Wildman–Crippen MR) is 32.1 cm³/mol. The van der Waals surface area contributed by atoms with Gasteiger partial charge in [0.25, 0.3) is 0 Å². The van der Waals surface area contributed by atoms with Gasteiger partial charge in [0.1, 0.15) is 0 Å². The van der Waals surface area contributed by atoms with Crippen LogP contribution in [0, 0.1) is 0 Å². The summed E-state index contributed by atoms with van der Waals surface area (Å²) in [5.74, 6) is 0. The van der Waals surface area contributed by atoms with Gasteiger partial charge in [0.05, 0.1) is 5.70 Å². The summed E-state index contributed by atoms with van der Waals surface area (Å²) in [6.45, 7) is 6.91. The zero-order valence-corrected chi connectivity index (χ0v) is 4.73. The number of allylic oxidation sites excluding steroid dienone is 2. The Labute approximate surface area is 43.7 Å². The average Bonchev–Trinajstić information content (AvgIpc) is 1.65. The normalized spacial score (nSPS) is 12.9. The molecule has 0 aliphatic carbocycles. The molecular weight excluding hydrogens is 88.1 g/mol. The fourth-order valence-electron chi connectivity index (χ4n) is 0.125. The first kappa shape index (κ1) is 6.21. The number of hydrogen-bond acceptors (Lipinski definition) is 2. The monoisotopic (exact) mass is 98.1 g/mol. The van der Waals surface area contributed by atoms with Crippen molar-refractivity contribution in [2.24, 2.45) is 10.7 Å². The molecule has 0 aliphatic rings. The van der Waals surface area contributed by atoms with Crippen molar-refractivity contribution in [3.8, 4) is 0 Å². The number of rotatable bonds is 1. The Morgan fingerprint density at radius 3 is 2.00 bits per heavy atom. The Balaban J connectivity index is 3.98. The summed E-state index contributed by atoms with van der Waals surface area (Å²) < 4.78 is 0. The standard InChI is InChI=1S/C5H10N2/c1-4(6)5(2)7-3/h3,6H2,1-2H3/b5-4-. The van der Waals surface area contributed by atoms with Crippen molar-refractivity contribution in [3.05, 3.63) is 11.4 Å². The number of aliphatic imine (C=N–C) groups is 1. The van der Waals surface area contributed by atoms with E-state index < -0.39 is 0 Å². The number of nitrogens with zero attached hydrogens (tertiary/aromatic N) is 1. The van der Waals surface area contributed by atoms with E-state index in [2.05, 4.69) is 11.7 Å². The number of hydrogen-bond donors (Lipinski definition) is 1. The van der Waals surface area contributed by atoms with Gasteiger partial charge in [-0.2, -0.15) is 0 Å². The molecule has 0 saturated carbocycles. The third kappa shape index (κ3) is 1.98. The van der Waals surface area contributed by atoms with Crippen molar-refractivity contribution >= 4 is 6.72 Å². The highest BCUT2D eigenvalue weighted by Crippen LogP contribution is 1.94. The van der Waals surface area contributed by atoms with Gasteiger partial charge < -0.3 is 5.73 Å².